The van der Waals surface area contributed by atoms with Gasteiger partial charge in [0, 0.05) is 14.6 Å². The predicted octanol–water partition coefficient (Wildman–Crippen LogP) is 5.44. The Morgan fingerprint density at radius 3 is 2.94 bits per heavy atom. The van der Waals surface area contributed by atoms with E-state index in [0.717, 1.165) is 5.02 Å². The van der Waals surface area contributed by atoms with E-state index in [1.165, 1.54) is 29.0 Å². The molecule has 1 atom stereocenters. The van der Waals surface area contributed by atoms with Crippen molar-refractivity contribution in [2.45, 2.75) is 24.1 Å². The zero-order valence-electron chi connectivity index (χ0n) is 8.50. The summed E-state index contributed by atoms with van der Waals surface area (Å²) in [5.41, 5.74) is 1.55. The van der Waals surface area contributed by atoms with Gasteiger partial charge in [-0.1, -0.05) is 27.5 Å². The zero-order valence-corrected chi connectivity index (χ0v) is 12.5. The van der Waals surface area contributed by atoms with Crippen LogP contribution in [0.5, 0.6) is 0 Å². The molecule has 0 spiro atoms. The van der Waals surface area contributed by atoms with Crippen molar-refractivity contribution in [3.8, 4) is 0 Å². The van der Waals surface area contributed by atoms with E-state index in [1.807, 2.05) is 22.8 Å². The molecule has 1 unspecified atom stereocenters. The summed E-state index contributed by atoms with van der Waals surface area (Å²) in [5.74, 6) is 0. The summed E-state index contributed by atoms with van der Waals surface area (Å²) in [6.45, 7) is 0. The van der Waals surface area contributed by atoms with Gasteiger partial charge in [-0.05, 0) is 42.3 Å². The first-order chi connectivity index (χ1) is 7.75. The lowest BCUT2D eigenvalue weighted by atomic mass is 10.2. The summed E-state index contributed by atoms with van der Waals surface area (Å²) in [5, 5.41) is 2.92. The van der Waals surface area contributed by atoms with Gasteiger partial charge < -0.3 is 0 Å². The van der Waals surface area contributed by atoms with Crippen LogP contribution in [0.4, 0.5) is 0 Å². The van der Waals surface area contributed by atoms with Gasteiger partial charge in [-0.2, -0.15) is 0 Å². The topological polar surface area (TPSA) is 0 Å². The lowest BCUT2D eigenvalue weighted by Crippen LogP contribution is -1.86. The number of alkyl halides is 1. The van der Waals surface area contributed by atoms with E-state index < -0.39 is 0 Å². The minimum atomic E-state index is 0.274. The number of fused-ring (bicyclic) bond motifs is 1. The van der Waals surface area contributed by atoms with E-state index in [9.17, 15) is 0 Å². The minimum absolute atomic E-state index is 0.274. The number of rotatable bonds is 2. The van der Waals surface area contributed by atoms with Crippen LogP contribution in [0.15, 0.2) is 17.5 Å². The van der Waals surface area contributed by atoms with Crippen LogP contribution in [0.1, 0.15) is 31.4 Å². The summed E-state index contributed by atoms with van der Waals surface area (Å²) in [4.78, 5) is 4.47. The Morgan fingerprint density at radius 2 is 2.25 bits per heavy atom. The quantitative estimate of drug-likeness (QED) is 0.642. The van der Waals surface area contributed by atoms with Crippen molar-refractivity contribution >= 4 is 50.2 Å². The number of hydrogen-bond donors (Lipinski definition) is 0. The third-order valence-corrected chi connectivity index (χ3v) is 7.17. The Hall–Kier alpha value is 0.170. The summed E-state index contributed by atoms with van der Waals surface area (Å²) < 4.78 is 0. The predicted molar refractivity (Wildman–Crippen MR) is 76.4 cm³/mol. The molecule has 2 heterocycles. The molecule has 0 saturated carbocycles. The fourth-order valence-electron chi connectivity index (χ4n) is 2.09. The number of halogens is 2. The van der Waals surface area contributed by atoms with Crippen molar-refractivity contribution in [2.24, 2.45) is 0 Å². The Labute approximate surface area is 116 Å². The van der Waals surface area contributed by atoms with E-state index in [2.05, 4.69) is 22.0 Å². The molecule has 84 valence electrons. The highest BCUT2D eigenvalue weighted by Gasteiger charge is 2.21. The average molecular weight is 334 g/mol. The summed E-state index contributed by atoms with van der Waals surface area (Å²) >= 11 is 13.6. The maximum Gasteiger partial charge on any atom is 0.0846 e. The lowest BCUT2D eigenvalue weighted by Gasteiger charge is -2.05. The van der Waals surface area contributed by atoms with Crippen LogP contribution < -0.4 is 0 Å². The highest BCUT2D eigenvalue weighted by Crippen LogP contribution is 2.43. The van der Waals surface area contributed by atoms with Gasteiger partial charge in [0.15, 0.2) is 0 Å². The standard InChI is InChI=1S/C12H10BrClS2/c13-11(12-8(14)4-5-15-12)10-6-7-2-1-3-9(7)16-10/h4-6,11H,1-3H2. The number of thiophene rings is 2. The van der Waals surface area contributed by atoms with Gasteiger partial charge in [0.2, 0.25) is 0 Å². The molecule has 0 saturated heterocycles. The fraction of sp³-hybridized carbons (Fsp3) is 0.333. The molecule has 2 aromatic rings. The summed E-state index contributed by atoms with van der Waals surface area (Å²) in [6, 6.07) is 4.32. The molecule has 1 aliphatic carbocycles. The van der Waals surface area contributed by atoms with E-state index >= 15 is 0 Å². The Morgan fingerprint density at radius 1 is 1.38 bits per heavy atom. The molecule has 3 rings (SSSR count). The molecular formula is C12H10BrClS2. The molecule has 0 bridgehead atoms. The van der Waals surface area contributed by atoms with E-state index in [0.29, 0.717) is 0 Å². The second-order valence-electron chi connectivity index (χ2n) is 3.95. The van der Waals surface area contributed by atoms with Gasteiger partial charge >= 0.3 is 0 Å². The number of hydrogen-bond acceptors (Lipinski definition) is 2. The van der Waals surface area contributed by atoms with Crippen LogP contribution in [0.3, 0.4) is 0 Å². The van der Waals surface area contributed by atoms with Gasteiger partial charge in [0.25, 0.3) is 0 Å². The third kappa shape index (κ3) is 1.88. The smallest absolute Gasteiger partial charge is 0.0846 e. The second kappa shape index (κ2) is 4.45. The molecular weight excluding hydrogens is 324 g/mol. The first-order valence-electron chi connectivity index (χ1n) is 5.24. The molecule has 2 aromatic heterocycles. The molecule has 0 amide bonds. The van der Waals surface area contributed by atoms with Crippen LogP contribution in [-0.2, 0) is 12.8 Å². The zero-order chi connectivity index (χ0) is 11.1. The van der Waals surface area contributed by atoms with E-state index in [1.54, 1.807) is 21.8 Å². The largest absolute Gasteiger partial charge is 0.146 e. The lowest BCUT2D eigenvalue weighted by molar-refractivity contribution is 0.913. The molecule has 1 aliphatic rings. The third-order valence-electron chi connectivity index (χ3n) is 2.89. The maximum absolute atomic E-state index is 6.16. The average Bonchev–Trinajstić information content (AvgIpc) is 2.89. The highest BCUT2D eigenvalue weighted by molar-refractivity contribution is 9.09. The Balaban J connectivity index is 1.95. The van der Waals surface area contributed by atoms with Crippen molar-refractivity contribution in [2.75, 3.05) is 0 Å². The van der Waals surface area contributed by atoms with Gasteiger partial charge in [-0.25, -0.2) is 0 Å². The fourth-order valence-corrected chi connectivity index (χ4v) is 5.69. The van der Waals surface area contributed by atoms with Crippen LogP contribution in [0.2, 0.25) is 5.02 Å². The molecule has 0 aromatic carbocycles. The van der Waals surface area contributed by atoms with Gasteiger partial charge in [-0.3, -0.25) is 0 Å². The molecule has 0 radical (unpaired) electrons. The monoisotopic (exact) mass is 332 g/mol. The molecule has 16 heavy (non-hydrogen) atoms. The van der Waals surface area contributed by atoms with Crippen LogP contribution in [0.25, 0.3) is 0 Å². The molecule has 0 nitrogen and oxygen atoms in total. The van der Waals surface area contributed by atoms with Gasteiger partial charge in [-0.15, -0.1) is 22.7 Å². The second-order valence-corrected chi connectivity index (χ2v) is 7.38. The normalized spacial score (nSPS) is 16.4. The van der Waals surface area contributed by atoms with Crippen molar-refractivity contribution < 1.29 is 0 Å². The first kappa shape index (κ1) is 11.3. The summed E-state index contributed by atoms with van der Waals surface area (Å²) in [6.07, 6.45) is 3.84. The SMILES string of the molecule is Clc1ccsc1C(Br)c1cc2c(s1)CCC2. The minimum Gasteiger partial charge on any atom is -0.146 e. The van der Waals surface area contributed by atoms with Crippen LogP contribution in [0, 0.1) is 0 Å². The van der Waals surface area contributed by atoms with Crippen LogP contribution in [-0.4, -0.2) is 0 Å². The maximum atomic E-state index is 6.16. The molecule has 4 heteroatoms. The Kier molecular flexibility index (Phi) is 3.13. The summed E-state index contributed by atoms with van der Waals surface area (Å²) in [7, 11) is 0. The van der Waals surface area contributed by atoms with E-state index in [4.69, 9.17) is 11.6 Å². The Bertz CT molecular complexity index is 493. The van der Waals surface area contributed by atoms with Crippen LogP contribution >= 0.6 is 50.2 Å². The van der Waals surface area contributed by atoms with E-state index in [-0.39, 0.29) is 4.83 Å². The molecule has 0 fully saturated rings. The highest BCUT2D eigenvalue weighted by atomic mass is 79.9. The van der Waals surface area contributed by atoms with Crippen molar-refractivity contribution in [1.29, 1.82) is 0 Å². The van der Waals surface area contributed by atoms with Crippen molar-refractivity contribution in [1.82, 2.24) is 0 Å². The first-order valence-corrected chi connectivity index (χ1v) is 8.23. The van der Waals surface area contributed by atoms with Gasteiger partial charge in [0.1, 0.15) is 0 Å². The van der Waals surface area contributed by atoms with Crippen molar-refractivity contribution in [3.63, 3.8) is 0 Å². The van der Waals surface area contributed by atoms with Crippen molar-refractivity contribution in [3.05, 3.63) is 42.7 Å². The number of aryl methyl sites for hydroxylation is 2. The molecule has 0 aliphatic heterocycles. The van der Waals surface area contributed by atoms with Gasteiger partial charge in [0.05, 0.1) is 9.85 Å². The molecule has 0 N–H and O–H groups in total.